The molecule has 3 heteroatoms. The molecule has 0 atom stereocenters. The molecule has 0 aliphatic heterocycles. The molecule has 0 fully saturated rings. The molecular formula is C66H74N2Si. The van der Waals surface area contributed by atoms with Gasteiger partial charge >= 0.3 is 0 Å². The average molecular weight is 923 g/mol. The van der Waals surface area contributed by atoms with Gasteiger partial charge in [-0.05, 0) is 152 Å². The van der Waals surface area contributed by atoms with E-state index in [1.807, 2.05) is 0 Å². The van der Waals surface area contributed by atoms with E-state index in [1.54, 1.807) is 0 Å². The van der Waals surface area contributed by atoms with Crippen molar-refractivity contribution in [2.24, 2.45) is 0 Å². The van der Waals surface area contributed by atoms with Crippen LogP contribution >= 0.6 is 0 Å². The van der Waals surface area contributed by atoms with Gasteiger partial charge in [0.2, 0.25) is 0 Å². The van der Waals surface area contributed by atoms with Gasteiger partial charge in [-0.15, -0.1) is 0 Å². The fourth-order valence-electron chi connectivity index (χ4n) is 10.1. The molecule has 0 bridgehead atoms. The Bertz CT molecular complexity index is 2540. The Morgan fingerprint density at radius 3 is 0.783 bits per heavy atom. The smallest absolute Gasteiger partial charge is 0.179 e. The van der Waals surface area contributed by atoms with E-state index in [0.717, 1.165) is 48.4 Å². The Hall–Kier alpha value is -6.42. The first-order valence-corrected chi connectivity index (χ1v) is 28.3. The van der Waals surface area contributed by atoms with Crippen LogP contribution in [0.25, 0.3) is 22.3 Å². The summed E-state index contributed by atoms with van der Waals surface area (Å²) in [6.07, 6.45) is 17.0. The number of benzene rings is 8. The van der Waals surface area contributed by atoms with Gasteiger partial charge in [-0.3, -0.25) is 0 Å². The van der Waals surface area contributed by atoms with Crippen molar-refractivity contribution < 1.29 is 0 Å². The number of hydrogen-bond acceptors (Lipinski definition) is 2. The minimum absolute atomic E-state index is 1.08. The molecule has 0 aromatic heterocycles. The van der Waals surface area contributed by atoms with Crippen LogP contribution in [-0.4, -0.2) is 8.07 Å². The normalized spacial score (nSPS) is 11.4. The second-order valence-corrected chi connectivity index (χ2v) is 23.0. The third kappa shape index (κ3) is 12.6. The highest BCUT2D eigenvalue weighted by Crippen LogP contribution is 2.27. The van der Waals surface area contributed by atoms with Gasteiger partial charge in [0.1, 0.15) is 0 Å². The summed E-state index contributed by atoms with van der Waals surface area (Å²) in [5.41, 5.74) is 15.0. The van der Waals surface area contributed by atoms with Crippen LogP contribution in [0.2, 0.25) is 0 Å². The van der Waals surface area contributed by atoms with Gasteiger partial charge in [0.25, 0.3) is 0 Å². The molecular weight excluding hydrogens is 849 g/mol. The summed E-state index contributed by atoms with van der Waals surface area (Å²) in [7, 11) is -2.83. The molecule has 2 N–H and O–H groups in total. The van der Waals surface area contributed by atoms with E-state index in [-0.39, 0.29) is 0 Å². The van der Waals surface area contributed by atoms with Crippen molar-refractivity contribution in [1.82, 2.24) is 0 Å². The Balaban J connectivity index is 1.13. The van der Waals surface area contributed by atoms with Crippen LogP contribution in [0.1, 0.15) is 114 Å². The molecule has 352 valence electrons. The van der Waals surface area contributed by atoms with Crippen LogP contribution in [0, 0.1) is 0 Å². The zero-order valence-corrected chi connectivity index (χ0v) is 42.9. The highest BCUT2D eigenvalue weighted by molar-refractivity contribution is 7.19. The molecule has 0 aliphatic carbocycles. The molecule has 0 unspecified atom stereocenters. The molecule has 2 nitrogen and oxygen atoms in total. The van der Waals surface area contributed by atoms with E-state index in [4.69, 9.17) is 0 Å². The summed E-state index contributed by atoms with van der Waals surface area (Å²) in [6, 6.07) is 74.1. The van der Waals surface area contributed by atoms with Gasteiger partial charge in [0, 0.05) is 22.7 Å². The molecule has 0 amide bonds. The van der Waals surface area contributed by atoms with Crippen LogP contribution in [-0.2, 0) is 25.7 Å². The minimum Gasteiger partial charge on any atom is -0.356 e. The van der Waals surface area contributed by atoms with E-state index in [2.05, 4.69) is 232 Å². The number of rotatable bonds is 24. The van der Waals surface area contributed by atoms with E-state index >= 15 is 0 Å². The minimum atomic E-state index is -2.83. The summed E-state index contributed by atoms with van der Waals surface area (Å²) in [4.78, 5) is 0. The largest absolute Gasteiger partial charge is 0.356 e. The van der Waals surface area contributed by atoms with Crippen LogP contribution in [0.4, 0.5) is 22.7 Å². The molecule has 0 aliphatic rings. The van der Waals surface area contributed by atoms with Crippen molar-refractivity contribution in [2.75, 3.05) is 10.6 Å². The summed E-state index contributed by atoms with van der Waals surface area (Å²) >= 11 is 0. The van der Waals surface area contributed by atoms with Crippen molar-refractivity contribution in [1.29, 1.82) is 0 Å². The predicted octanol–water partition coefficient (Wildman–Crippen LogP) is 16.0. The summed E-state index contributed by atoms with van der Waals surface area (Å²) in [6.45, 7) is 9.06. The van der Waals surface area contributed by atoms with Gasteiger partial charge in [0.05, 0.1) is 0 Å². The van der Waals surface area contributed by atoms with Gasteiger partial charge in [0.15, 0.2) is 8.07 Å². The fraction of sp³-hybridized carbons (Fsp3) is 0.273. The number of hydrogen-bond donors (Lipinski definition) is 2. The first kappa shape index (κ1) is 49.0. The first-order valence-electron chi connectivity index (χ1n) is 26.3. The summed E-state index contributed by atoms with van der Waals surface area (Å²) in [5, 5.41) is 13.0. The number of aryl methyl sites for hydroxylation is 4. The molecule has 8 aromatic carbocycles. The van der Waals surface area contributed by atoms with Crippen molar-refractivity contribution in [3.05, 3.63) is 216 Å². The van der Waals surface area contributed by atoms with E-state index in [9.17, 15) is 0 Å². The second kappa shape index (κ2) is 24.7. The Kier molecular flexibility index (Phi) is 17.6. The number of nitrogens with one attached hydrogen (secondary N) is 2. The van der Waals surface area contributed by atoms with Crippen molar-refractivity contribution >= 4 is 51.6 Å². The van der Waals surface area contributed by atoms with Crippen LogP contribution in [0.5, 0.6) is 0 Å². The molecule has 0 heterocycles. The molecule has 0 radical (unpaired) electrons. The number of unbranched alkanes of at least 4 members (excludes halogenated alkanes) is 6. The van der Waals surface area contributed by atoms with Gasteiger partial charge in [-0.25, -0.2) is 0 Å². The highest BCUT2D eigenvalue weighted by Gasteiger charge is 2.41. The van der Waals surface area contributed by atoms with Crippen LogP contribution < -0.4 is 31.4 Å². The monoisotopic (exact) mass is 923 g/mol. The lowest BCUT2D eigenvalue weighted by molar-refractivity contribution is 0.667. The van der Waals surface area contributed by atoms with E-state index in [0.29, 0.717) is 0 Å². The van der Waals surface area contributed by atoms with Crippen molar-refractivity contribution in [3.63, 3.8) is 0 Å². The highest BCUT2D eigenvalue weighted by atomic mass is 28.3. The predicted molar refractivity (Wildman–Crippen MR) is 304 cm³/mol. The lowest BCUT2D eigenvalue weighted by Gasteiger charge is -2.35. The number of anilines is 4. The average Bonchev–Trinajstić information content (AvgIpc) is 3.40. The SMILES string of the molecule is CCCCCCc1ccc([Si](c2ccc(CCCCCC)cc2)(c2ccc(Nc3ccc(-c4ccc(CCC)cc4)cc3)cc2)c2ccc(Nc3ccc(-c4ccc(CCC)cc4)cc3)cc2)cc1. The molecule has 8 rings (SSSR count). The van der Waals surface area contributed by atoms with Crippen LogP contribution in [0.15, 0.2) is 194 Å². The Labute approximate surface area is 416 Å². The third-order valence-electron chi connectivity index (χ3n) is 14.0. The summed E-state index contributed by atoms with van der Waals surface area (Å²) < 4.78 is 0. The van der Waals surface area contributed by atoms with Crippen molar-refractivity contribution in [2.45, 2.75) is 118 Å². The lowest BCUT2D eigenvalue weighted by atomic mass is 10.0. The zero-order chi connectivity index (χ0) is 47.7. The maximum Gasteiger partial charge on any atom is 0.179 e. The molecule has 0 saturated carbocycles. The molecule has 0 saturated heterocycles. The van der Waals surface area contributed by atoms with Gasteiger partial charge in [-0.2, -0.15) is 0 Å². The topological polar surface area (TPSA) is 24.1 Å². The Morgan fingerprint density at radius 1 is 0.246 bits per heavy atom. The molecule has 8 aromatic rings. The standard InChI is InChI=1S/C66H74N2Si/c1-5-9-11-13-17-53-23-43-63(44-24-53)69(64-45-25-54(26-46-64)18-14-12-10-6-2,65-47-39-61(40-48-65)67-59-35-31-57(32-36-59)55-27-19-51(15-7-3)20-28-55)66-49-41-62(42-50-66)68-60-37-33-58(34-38-60)56-29-21-52(16-8-4)22-30-56/h19-50,67-68H,5-18H2,1-4H3. The maximum absolute atomic E-state index is 3.74. The lowest BCUT2D eigenvalue weighted by Crippen LogP contribution is -2.74. The van der Waals surface area contributed by atoms with Crippen molar-refractivity contribution in [3.8, 4) is 22.3 Å². The zero-order valence-electron chi connectivity index (χ0n) is 41.9. The quantitative estimate of drug-likeness (QED) is 0.0358. The fourth-order valence-corrected chi connectivity index (χ4v) is 14.8. The first-order chi connectivity index (χ1) is 34.0. The van der Waals surface area contributed by atoms with E-state index in [1.165, 1.54) is 129 Å². The second-order valence-electron chi connectivity index (χ2n) is 19.2. The van der Waals surface area contributed by atoms with Crippen LogP contribution in [0.3, 0.4) is 0 Å². The molecule has 69 heavy (non-hydrogen) atoms. The van der Waals surface area contributed by atoms with Gasteiger partial charge < -0.3 is 10.6 Å². The summed E-state index contributed by atoms with van der Waals surface area (Å²) in [5.74, 6) is 0. The van der Waals surface area contributed by atoms with E-state index < -0.39 is 8.07 Å². The Morgan fingerprint density at radius 2 is 0.493 bits per heavy atom. The molecule has 0 spiro atoms. The van der Waals surface area contributed by atoms with Gasteiger partial charge in [-0.1, -0.05) is 225 Å². The third-order valence-corrected chi connectivity index (χ3v) is 18.8. The maximum atomic E-state index is 3.74.